The standard InChI is InChI=1S/C17H17FN2O2/c18-13-6-7-14(10-13)19-17(22)12-8-15(20-16(21)9-12)11-4-2-1-3-5-11/h1-5,8-9,13-14H,6-7,10H2,(H,19,22)(H,20,21). The molecule has 2 unspecified atom stereocenters. The molecule has 2 N–H and O–H groups in total. The predicted octanol–water partition coefficient (Wildman–Crippen LogP) is 2.66. The number of hydrogen-bond donors (Lipinski definition) is 2. The zero-order valence-electron chi connectivity index (χ0n) is 12.0. The third-order valence-electron chi connectivity index (χ3n) is 3.90. The van der Waals surface area contributed by atoms with Crippen molar-refractivity contribution in [1.82, 2.24) is 10.3 Å². The first-order chi connectivity index (χ1) is 10.6. The van der Waals surface area contributed by atoms with E-state index in [9.17, 15) is 14.0 Å². The average Bonchev–Trinajstić information content (AvgIpc) is 2.92. The Morgan fingerprint density at radius 2 is 1.95 bits per heavy atom. The molecule has 3 rings (SSSR count). The van der Waals surface area contributed by atoms with E-state index in [0.29, 0.717) is 30.5 Å². The number of benzene rings is 1. The van der Waals surface area contributed by atoms with E-state index in [4.69, 9.17) is 0 Å². The zero-order valence-corrected chi connectivity index (χ0v) is 12.0. The van der Waals surface area contributed by atoms with E-state index in [1.54, 1.807) is 6.07 Å². The van der Waals surface area contributed by atoms with Gasteiger partial charge >= 0.3 is 0 Å². The van der Waals surface area contributed by atoms with Crippen molar-refractivity contribution in [3.63, 3.8) is 0 Å². The molecule has 1 heterocycles. The molecule has 4 nitrogen and oxygen atoms in total. The minimum Gasteiger partial charge on any atom is -0.349 e. The van der Waals surface area contributed by atoms with Crippen LogP contribution in [0.4, 0.5) is 4.39 Å². The number of H-pyrrole nitrogens is 1. The number of hydrogen-bond acceptors (Lipinski definition) is 2. The lowest BCUT2D eigenvalue weighted by Gasteiger charge is -2.12. The van der Waals surface area contributed by atoms with Gasteiger partial charge in [-0.2, -0.15) is 0 Å². The highest BCUT2D eigenvalue weighted by Crippen LogP contribution is 2.22. The highest BCUT2D eigenvalue weighted by atomic mass is 19.1. The summed E-state index contributed by atoms with van der Waals surface area (Å²) in [6.07, 6.45) is 0.627. The summed E-state index contributed by atoms with van der Waals surface area (Å²) in [5, 5.41) is 2.80. The van der Waals surface area contributed by atoms with Crippen LogP contribution >= 0.6 is 0 Å². The van der Waals surface area contributed by atoms with Crippen LogP contribution in [0.3, 0.4) is 0 Å². The Labute approximate surface area is 127 Å². The van der Waals surface area contributed by atoms with Crippen LogP contribution < -0.4 is 10.9 Å². The fourth-order valence-corrected chi connectivity index (χ4v) is 2.77. The first-order valence-corrected chi connectivity index (χ1v) is 7.36. The zero-order chi connectivity index (χ0) is 15.5. The van der Waals surface area contributed by atoms with Crippen molar-refractivity contribution in [3.8, 4) is 11.3 Å². The molecule has 0 bridgehead atoms. The second-order valence-corrected chi connectivity index (χ2v) is 5.59. The lowest BCUT2D eigenvalue weighted by atomic mass is 10.1. The molecule has 1 saturated carbocycles. The van der Waals surface area contributed by atoms with E-state index in [1.165, 1.54) is 6.07 Å². The third kappa shape index (κ3) is 3.24. The van der Waals surface area contributed by atoms with Crippen LogP contribution in [0.15, 0.2) is 47.3 Å². The lowest BCUT2D eigenvalue weighted by molar-refractivity contribution is 0.0936. The number of rotatable bonds is 3. The van der Waals surface area contributed by atoms with Crippen molar-refractivity contribution >= 4 is 5.91 Å². The monoisotopic (exact) mass is 300 g/mol. The fourth-order valence-electron chi connectivity index (χ4n) is 2.77. The largest absolute Gasteiger partial charge is 0.349 e. The summed E-state index contributed by atoms with van der Waals surface area (Å²) < 4.78 is 13.2. The smallest absolute Gasteiger partial charge is 0.251 e. The minimum absolute atomic E-state index is 0.151. The molecular formula is C17H17FN2O2. The molecule has 0 spiro atoms. The summed E-state index contributed by atoms with van der Waals surface area (Å²) in [6, 6.07) is 12.1. The molecule has 0 aliphatic heterocycles. The number of carbonyl (C=O) groups is 1. The van der Waals surface area contributed by atoms with Crippen LogP contribution in [0.2, 0.25) is 0 Å². The van der Waals surface area contributed by atoms with E-state index < -0.39 is 6.17 Å². The van der Waals surface area contributed by atoms with Crippen molar-refractivity contribution in [2.45, 2.75) is 31.5 Å². The highest BCUT2D eigenvalue weighted by molar-refractivity contribution is 5.95. The van der Waals surface area contributed by atoms with Crippen LogP contribution in [0.1, 0.15) is 29.6 Å². The van der Waals surface area contributed by atoms with E-state index in [1.807, 2.05) is 30.3 Å². The van der Waals surface area contributed by atoms with E-state index >= 15 is 0 Å². The second kappa shape index (κ2) is 6.13. The third-order valence-corrected chi connectivity index (χ3v) is 3.90. The van der Waals surface area contributed by atoms with Gasteiger partial charge in [-0.05, 0) is 30.9 Å². The van der Waals surface area contributed by atoms with Gasteiger partial charge in [0.05, 0.1) is 0 Å². The summed E-state index contributed by atoms with van der Waals surface area (Å²) in [5.41, 5.74) is 1.39. The maximum Gasteiger partial charge on any atom is 0.251 e. The van der Waals surface area contributed by atoms with Gasteiger partial charge in [0.1, 0.15) is 6.17 Å². The summed E-state index contributed by atoms with van der Waals surface area (Å²) in [6.45, 7) is 0. The number of aromatic amines is 1. The van der Waals surface area contributed by atoms with Crippen molar-refractivity contribution in [2.24, 2.45) is 0 Å². The summed E-state index contributed by atoms with van der Waals surface area (Å²) >= 11 is 0. The second-order valence-electron chi connectivity index (χ2n) is 5.59. The summed E-state index contributed by atoms with van der Waals surface area (Å²) in [5.74, 6) is -0.331. The van der Waals surface area contributed by atoms with Crippen molar-refractivity contribution in [2.75, 3.05) is 0 Å². The van der Waals surface area contributed by atoms with Gasteiger partial charge in [0.15, 0.2) is 0 Å². The Hall–Kier alpha value is -2.43. The maximum absolute atomic E-state index is 13.2. The van der Waals surface area contributed by atoms with Crippen molar-refractivity contribution < 1.29 is 9.18 Å². The molecule has 1 aromatic heterocycles. The number of nitrogens with one attached hydrogen (secondary N) is 2. The minimum atomic E-state index is -0.843. The number of aromatic nitrogens is 1. The summed E-state index contributed by atoms with van der Waals surface area (Å²) in [4.78, 5) is 26.8. The Balaban J connectivity index is 1.83. The van der Waals surface area contributed by atoms with Crippen LogP contribution in [0.25, 0.3) is 11.3 Å². The predicted molar refractivity (Wildman–Crippen MR) is 82.5 cm³/mol. The van der Waals surface area contributed by atoms with Crippen molar-refractivity contribution in [3.05, 3.63) is 58.4 Å². The molecule has 114 valence electrons. The maximum atomic E-state index is 13.2. The quantitative estimate of drug-likeness (QED) is 0.915. The van der Waals surface area contributed by atoms with Gasteiger partial charge in [0, 0.05) is 23.4 Å². The van der Waals surface area contributed by atoms with Crippen LogP contribution in [0.5, 0.6) is 0 Å². The van der Waals surface area contributed by atoms with Gasteiger partial charge in [0.2, 0.25) is 5.56 Å². The number of halogens is 1. The number of carbonyl (C=O) groups excluding carboxylic acids is 1. The molecule has 1 aliphatic rings. The molecule has 2 atom stereocenters. The van der Waals surface area contributed by atoms with Gasteiger partial charge < -0.3 is 10.3 Å². The molecule has 1 fully saturated rings. The molecule has 1 amide bonds. The Morgan fingerprint density at radius 1 is 1.18 bits per heavy atom. The first kappa shape index (κ1) is 14.5. The van der Waals surface area contributed by atoms with Crippen LogP contribution in [0, 0.1) is 0 Å². The number of amides is 1. The van der Waals surface area contributed by atoms with Gasteiger partial charge in [0.25, 0.3) is 5.91 Å². The fraction of sp³-hybridized carbons (Fsp3) is 0.294. The molecule has 5 heteroatoms. The molecule has 22 heavy (non-hydrogen) atoms. The molecule has 0 saturated heterocycles. The number of pyridine rings is 1. The Morgan fingerprint density at radius 3 is 2.64 bits per heavy atom. The van der Waals surface area contributed by atoms with E-state index in [0.717, 1.165) is 5.56 Å². The average molecular weight is 300 g/mol. The lowest BCUT2D eigenvalue weighted by Crippen LogP contribution is -2.33. The highest BCUT2D eigenvalue weighted by Gasteiger charge is 2.25. The molecule has 1 aliphatic carbocycles. The van der Waals surface area contributed by atoms with Gasteiger partial charge in [-0.25, -0.2) is 4.39 Å². The molecule has 1 aromatic carbocycles. The first-order valence-electron chi connectivity index (χ1n) is 7.36. The molecular weight excluding hydrogens is 283 g/mol. The topological polar surface area (TPSA) is 62.0 Å². The van der Waals surface area contributed by atoms with Crippen LogP contribution in [-0.2, 0) is 0 Å². The van der Waals surface area contributed by atoms with E-state index in [2.05, 4.69) is 10.3 Å². The number of alkyl halides is 1. The van der Waals surface area contributed by atoms with Crippen molar-refractivity contribution in [1.29, 1.82) is 0 Å². The molecule has 2 aromatic rings. The van der Waals surface area contributed by atoms with Gasteiger partial charge in [-0.1, -0.05) is 30.3 Å². The Bertz CT molecular complexity index is 727. The SMILES string of the molecule is O=C(NC1CCC(F)C1)c1cc(-c2ccccc2)[nH]c(=O)c1. The van der Waals surface area contributed by atoms with Gasteiger partial charge in [-0.3, -0.25) is 9.59 Å². The Kier molecular flexibility index (Phi) is 4.04. The normalized spacial score (nSPS) is 20.8. The molecule has 0 radical (unpaired) electrons. The van der Waals surface area contributed by atoms with Gasteiger partial charge in [-0.15, -0.1) is 0 Å². The van der Waals surface area contributed by atoms with Crippen LogP contribution in [-0.4, -0.2) is 23.1 Å². The van der Waals surface area contributed by atoms with E-state index in [-0.39, 0.29) is 17.5 Å². The summed E-state index contributed by atoms with van der Waals surface area (Å²) in [7, 11) is 0.